The highest BCUT2D eigenvalue weighted by molar-refractivity contribution is 6.32. The van der Waals surface area contributed by atoms with Crippen LogP contribution in [0.5, 0.6) is 0 Å². The van der Waals surface area contributed by atoms with E-state index in [1.807, 2.05) is 0 Å². The van der Waals surface area contributed by atoms with E-state index in [4.69, 9.17) is 16.7 Å². The van der Waals surface area contributed by atoms with Gasteiger partial charge in [-0.15, -0.1) is 0 Å². The molecule has 1 aromatic rings. The SMILES string of the molecule is O=C(O)c1cc(Cl)c2c(c1)C=NC2. The smallest absolute Gasteiger partial charge is 0.335 e. The first-order chi connectivity index (χ1) is 6.18. The highest BCUT2D eigenvalue weighted by atomic mass is 35.5. The van der Waals surface area contributed by atoms with Crippen molar-refractivity contribution in [3.8, 4) is 0 Å². The zero-order valence-corrected chi connectivity index (χ0v) is 7.38. The molecule has 2 rings (SSSR count). The molecule has 0 radical (unpaired) electrons. The van der Waals surface area contributed by atoms with Crippen molar-refractivity contribution in [2.45, 2.75) is 6.54 Å². The van der Waals surface area contributed by atoms with E-state index in [9.17, 15) is 4.79 Å². The minimum absolute atomic E-state index is 0.206. The van der Waals surface area contributed by atoms with Crippen molar-refractivity contribution in [1.82, 2.24) is 0 Å². The summed E-state index contributed by atoms with van der Waals surface area (Å²) in [6.45, 7) is 0.550. The molecular formula is C9H6ClNO2. The molecule has 0 saturated carbocycles. The zero-order chi connectivity index (χ0) is 9.42. The van der Waals surface area contributed by atoms with Gasteiger partial charge in [0, 0.05) is 16.8 Å². The van der Waals surface area contributed by atoms with E-state index in [2.05, 4.69) is 4.99 Å². The van der Waals surface area contributed by atoms with E-state index in [1.54, 1.807) is 12.3 Å². The molecular weight excluding hydrogens is 190 g/mol. The van der Waals surface area contributed by atoms with Crippen LogP contribution in [0.4, 0.5) is 0 Å². The molecule has 1 aliphatic heterocycles. The van der Waals surface area contributed by atoms with Crippen LogP contribution in [0.2, 0.25) is 5.02 Å². The van der Waals surface area contributed by atoms with Crippen molar-refractivity contribution in [3.05, 3.63) is 33.8 Å². The standard InChI is InChI=1S/C9H6ClNO2/c10-8-2-5(9(12)13)1-6-3-11-4-7(6)8/h1-3H,4H2,(H,12,13). The van der Waals surface area contributed by atoms with E-state index in [0.717, 1.165) is 11.1 Å². The molecule has 13 heavy (non-hydrogen) atoms. The van der Waals surface area contributed by atoms with Crippen LogP contribution in [0.3, 0.4) is 0 Å². The van der Waals surface area contributed by atoms with Crippen molar-refractivity contribution in [2.75, 3.05) is 0 Å². The number of hydrogen-bond donors (Lipinski definition) is 1. The second-order valence-electron chi connectivity index (χ2n) is 2.80. The van der Waals surface area contributed by atoms with Crippen LogP contribution in [0.15, 0.2) is 17.1 Å². The number of carboxylic acid groups (broad SMARTS) is 1. The van der Waals surface area contributed by atoms with E-state index in [-0.39, 0.29) is 5.56 Å². The summed E-state index contributed by atoms with van der Waals surface area (Å²) in [6.07, 6.45) is 1.65. The van der Waals surface area contributed by atoms with Gasteiger partial charge in [0.1, 0.15) is 0 Å². The van der Waals surface area contributed by atoms with Crippen LogP contribution in [-0.4, -0.2) is 17.3 Å². The normalized spacial score (nSPS) is 13.0. The van der Waals surface area contributed by atoms with Gasteiger partial charge in [0.05, 0.1) is 12.1 Å². The van der Waals surface area contributed by atoms with Gasteiger partial charge in [0.25, 0.3) is 0 Å². The largest absolute Gasteiger partial charge is 0.478 e. The number of carbonyl (C=O) groups is 1. The molecule has 66 valence electrons. The van der Waals surface area contributed by atoms with Crippen molar-refractivity contribution in [3.63, 3.8) is 0 Å². The number of carboxylic acids is 1. The van der Waals surface area contributed by atoms with Crippen LogP contribution in [0.25, 0.3) is 0 Å². The van der Waals surface area contributed by atoms with Gasteiger partial charge >= 0.3 is 5.97 Å². The lowest BCUT2D eigenvalue weighted by Gasteiger charge is -2.02. The number of aromatic carboxylic acids is 1. The lowest BCUT2D eigenvalue weighted by atomic mass is 10.1. The molecule has 0 aliphatic carbocycles. The Hall–Kier alpha value is -1.35. The Balaban J connectivity index is 2.60. The molecule has 0 unspecified atom stereocenters. The van der Waals surface area contributed by atoms with Crippen LogP contribution < -0.4 is 0 Å². The van der Waals surface area contributed by atoms with Gasteiger partial charge in [-0.1, -0.05) is 11.6 Å². The van der Waals surface area contributed by atoms with Gasteiger partial charge in [0.2, 0.25) is 0 Å². The molecule has 1 heterocycles. The topological polar surface area (TPSA) is 49.7 Å². The minimum atomic E-state index is -0.968. The number of nitrogens with zero attached hydrogens (tertiary/aromatic N) is 1. The molecule has 1 aliphatic rings. The fourth-order valence-corrected chi connectivity index (χ4v) is 1.59. The highest BCUT2D eigenvalue weighted by Gasteiger charge is 2.14. The molecule has 1 N–H and O–H groups in total. The Kier molecular flexibility index (Phi) is 1.81. The number of benzene rings is 1. The third kappa shape index (κ3) is 1.31. The maximum absolute atomic E-state index is 10.6. The van der Waals surface area contributed by atoms with E-state index < -0.39 is 5.97 Å². The zero-order valence-electron chi connectivity index (χ0n) is 6.62. The van der Waals surface area contributed by atoms with Gasteiger partial charge in [-0.25, -0.2) is 4.79 Å². The number of hydrogen-bond acceptors (Lipinski definition) is 2. The average molecular weight is 196 g/mol. The van der Waals surface area contributed by atoms with Crippen molar-refractivity contribution < 1.29 is 9.90 Å². The first-order valence-corrected chi connectivity index (χ1v) is 4.12. The lowest BCUT2D eigenvalue weighted by molar-refractivity contribution is 0.0697. The third-order valence-corrected chi connectivity index (χ3v) is 2.29. The maximum Gasteiger partial charge on any atom is 0.335 e. The molecule has 0 bridgehead atoms. The Bertz CT molecular complexity index is 412. The quantitative estimate of drug-likeness (QED) is 0.745. The monoisotopic (exact) mass is 195 g/mol. The second kappa shape index (κ2) is 2.85. The van der Waals surface area contributed by atoms with E-state index >= 15 is 0 Å². The fourth-order valence-electron chi connectivity index (χ4n) is 1.30. The third-order valence-electron chi connectivity index (χ3n) is 1.96. The maximum atomic E-state index is 10.6. The molecule has 3 nitrogen and oxygen atoms in total. The predicted molar refractivity (Wildman–Crippen MR) is 49.7 cm³/mol. The number of aliphatic imine (C=N–C) groups is 1. The summed E-state index contributed by atoms with van der Waals surface area (Å²) in [5.41, 5.74) is 1.92. The molecule has 4 heteroatoms. The van der Waals surface area contributed by atoms with E-state index in [0.29, 0.717) is 11.6 Å². The molecule has 1 aromatic carbocycles. The van der Waals surface area contributed by atoms with Crippen LogP contribution in [0.1, 0.15) is 21.5 Å². The van der Waals surface area contributed by atoms with Gasteiger partial charge in [-0.3, -0.25) is 4.99 Å². The molecule has 0 amide bonds. The Morgan fingerprint density at radius 3 is 3.00 bits per heavy atom. The number of rotatable bonds is 1. The van der Waals surface area contributed by atoms with Crippen molar-refractivity contribution in [2.24, 2.45) is 4.99 Å². The van der Waals surface area contributed by atoms with Crippen LogP contribution in [-0.2, 0) is 6.54 Å². The van der Waals surface area contributed by atoms with Gasteiger partial charge in [-0.2, -0.15) is 0 Å². The number of fused-ring (bicyclic) bond motifs is 1. The Morgan fingerprint density at radius 1 is 1.54 bits per heavy atom. The predicted octanol–water partition coefficient (Wildman–Crippen LogP) is 1.97. The summed E-state index contributed by atoms with van der Waals surface area (Å²) in [5.74, 6) is -0.968. The van der Waals surface area contributed by atoms with Gasteiger partial charge in [-0.05, 0) is 17.7 Å². The van der Waals surface area contributed by atoms with E-state index in [1.165, 1.54) is 6.07 Å². The summed E-state index contributed by atoms with van der Waals surface area (Å²) >= 11 is 5.88. The van der Waals surface area contributed by atoms with Crippen LogP contribution in [0, 0.1) is 0 Å². The average Bonchev–Trinajstić information content (AvgIpc) is 2.51. The Morgan fingerprint density at radius 2 is 2.31 bits per heavy atom. The summed E-state index contributed by atoms with van der Waals surface area (Å²) in [7, 11) is 0. The minimum Gasteiger partial charge on any atom is -0.478 e. The number of halogens is 1. The van der Waals surface area contributed by atoms with Crippen molar-refractivity contribution in [1.29, 1.82) is 0 Å². The van der Waals surface area contributed by atoms with Crippen molar-refractivity contribution >= 4 is 23.8 Å². The van der Waals surface area contributed by atoms with Gasteiger partial charge < -0.3 is 5.11 Å². The molecule has 0 fully saturated rings. The summed E-state index contributed by atoms with van der Waals surface area (Å²) in [5, 5.41) is 9.22. The van der Waals surface area contributed by atoms with Gasteiger partial charge in [0.15, 0.2) is 0 Å². The molecule has 0 atom stereocenters. The molecule has 0 aromatic heterocycles. The van der Waals surface area contributed by atoms with Crippen LogP contribution >= 0.6 is 11.6 Å². The Labute approximate surface area is 79.7 Å². The molecule has 0 spiro atoms. The lowest BCUT2D eigenvalue weighted by Crippen LogP contribution is -1.98. The second-order valence-corrected chi connectivity index (χ2v) is 3.21. The molecule has 0 saturated heterocycles. The first kappa shape index (κ1) is 8.26. The highest BCUT2D eigenvalue weighted by Crippen LogP contribution is 2.25. The fraction of sp³-hybridized carbons (Fsp3) is 0.111. The first-order valence-electron chi connectivity index (χ1n) is 3.74. The summed E-state index contributed by atoms with van der Waals surface area (Å²) in [6, 6.07) is 3.04. The summed E-state index contributed by atoms with van der Waals surface area (Å²) in [4.78, 5) is 14.7. The summed E-state index contributed by atoms with van der Waals surface area (Å²) < 4.78 is 0.